The number of anilines is 1. The number of rotatable bonds is 4. The fourth-order valence-electron chi connectivity index (χ4n) is 6.19. The molecule has 1 fully saturated rings. The molecule has 1 atom stereocenters. The van der Waals surface area contributed by atoms with Gasteiger partial charge in [0.25, 0.3) is 5.91 Å². The molecule has 3 N–H and O–H groups in total. The van der Waals surface area contributed by atoms with Crippen molar-refractivity contribution in [3.8, 4) is 5.75 Å². The summed E-state index contributed by atoms with van der Waals surface area (Å²) in [5.74, 6) is 0.0745. The Labute approximate surface area is 230 Å². The van der Waals surface area contributed by atoms with Crippen molar-refractivity contribution in [2.75, 3.05) is 38.7 Å². The van der Waals surface area contributed by atoms with E-state index >= 15 is 0 Å². The highest BCUT2D eigenvalue weighted by molar-refractivity contribution is 5.95. The van der Waals surface area contributed by atoms with Crippen LogP contribution in [0, 0.1) is 5.82 Å². The van der Waals surface area contributed by atoms with E-state index in [0.717, 1.165) is 22.2 Å². The molecule has 206 valence electrons. The van der Waals surface area contributed by atoms with E-state index in [1.165, 1.54) is 18.3 Å². The zero-order valence-electron chi connectivity index (χ0n) is 22.1. The van der Waals surface area contributed by atoms with Crippen molar-refractivity contribution in [3.63, 3.8) is 0 Å². The normalized spacial score (nSPS) is 18.0. The summed E-state index contributed by atoms with van der Waals surface area (Å²) in [6, 6.07) is 14.2. The number of aliphatic hydroxyl groups is 1. The van der Waals surface area contributed by atoms with Crippen molar-refractivity contribution < 1.29 is 23.8 Å². The molecule has 1 saturated heterocycles. The predicted molar refractivity (Wildman–Crippen MR) is 148 cm³/mol. The number of benzene rings is 2. The molecule has 4 aromatic rings. The number of likely N-dealkylation sites (tertiary alicyclic amines) is 1. The summed E-state index contributed by atoms with van der Waals surface area (Å²) in [6.07, 6.45) is 4.36. The second kappa shape index (κ2) is 10.3. The van der Waals surface area contributed by atoms with Gasteiger partial charge in [-0.3, -0.25) is 9.78 Å². The number of pyridine rings is 1. The summed E-state index contributed by atoms with van der Waals surface area (Å²) < 4.78 is 19.1. The Morgan fingerprint density at radius 2 is 2.00 bits per heavy atom. The van der Waals surface area contributed by atoms with E-state index in [2.05, 4.69) is 15.3 Å². The number of piperidine rings is 1. The van der Waals surface area contributed by atoms with Crippen molar-refractivity contribution in [2.45, 2.75) is 24.3 Å². The summed E-state index contributed by atoms with van der Waals surface area (Å²) in [6.45, 7) is 1.03. The van der Waals surface area contributed by atoms with Gasteiger partial charge in [-0.2, -0.15) is 0 Å². The second-order valence-electron chi connectivity index (χ2n) is 10.4. The van der Waals surface area contributed by atoms with Crippen molar-refractivity contribution in [3.05, 3.63) is 89.6 Å². The molecule has 6 rings (SSSR count). The van der Waals surface area contributed by atoms with Gasteiger partial charge in [-0.1, -0.05) is 6.07 Å². The minimum absolute atomic E-state index is 0.209. The maximum absolute atomic E-state index is 13.8. The van der Waals surface area contributed by atoms with Crippen LogP contribution in [0.1, 0.15) is 40.5 Å². The summed E-state index contributed by atoms with van der Waals surface area (Å²) >= 11 is 0. The number of carbonyl (C=O) groups excluding carboxylic acids is 2. The molecule has 2 aliphatic rings. The number of urea groups is 1. The van der Waals surface area contributed by atoms with Gasteiger partial charge in [0.1, 0.15) is 11.6 Å². The van der Waals surface area contributed by atoms with Crippen LogP contribution in [0.15, 0.2) is 67.0 Å². The second-order valence-corrected chi connectivity index (χ2v) is 10.4. The molecule has 0 unspecified atom stereocenters. The number of halogens is 1. The summed E-state index contributed by atoms with van der Waals surface area (Å²) in [4.78, 5) is 37.9. The van der Waals surface area contributed by atoms with E-state index in [-0.39, 0.29) is 18.5 Å². The lowest BCUT2D eigenvalue weighted by Crippen LogP contribution is -2.56. The fraction of sp³-hybridized carbons (Fsp3) is 0.300. The molecule has 0 aliphatic carbocycles. The van der Waals surface area contributed by atoms with Crippen LogP contribution in [0.2, 0.25) is 0 Å². The maximum Gasteiger partial charge on any atom is 0.321 e. The lowest BCUT2D eigenvalue weighted by atomic mass is 9.68. The van der Waals surface area contributed by atoms with E-state index in [0.29, 0.717) is 49.5 Å². The van der Waals surface area contributed by atoms with E-state index < -0.39 is 17.3 Å². The molecule has 1 spiro atoms. The van der Waals surface area contributed by atoms with E-state index in [1.54, 1.807) is 47.4 Å². The monoisotopic (exact) mass is 543 g/mol. The molecule has 40 heavy (non-hydrogen) atoms. The molecular weight excluding hydrogens is 513 g/mol. The number of H-pyrrole nitrogens is 1. The number of aromatic amines is 1. The van der Waals surface area contributed by atoms with Crippen LogP contribution in [0.4, 0.5) is 14.9 Å². The van der Waals surface area contributed by atoms with Gasteiger partial charge in [-0.25, -0.2) is 9.18 Å². The predicted octanol–water partition coefficient (Wildman–Crippen LogP) is 4.47. The number of aliphatic hydroxyl groups excluding tert-OH is 1. The maximum atomic E-state index is 13.8. The van der Waals surface area contributed by atoms with Crippen molar-refractivity contribution >= 4 is 28.5 Å². The SMILES string of the molecule is COc1ccc2c3c([nH]c2c1)[C@H](CO)N(C(=O)c1cccnc1)CC31CCN(C(=O)Nc2cccc(F)c2)CC1. The number of hydrogen-bond acceptors (Lipinski definition) is 5. The first-order valence-electron chi connectivity index (χ1n) is 13.3. The Morgan fingerprint density at radius 3 is 2.70 bits per heavy atom. The highest BCUT2D eigenvalue weighted by Gasteiger charge is 2.49. The third-order valence-electron chi connectivity index (χ3n) is 8.17. The Kier molecular flexibility index (Phi) is 6.63. The van der Waals surface area contributed by atoms with Gasteiger partial charge in [0.2, 0.25) is 0 Å². The van der Waals surface area contributed by atoms with Crippen molar-refractivity contribution in [1.29, 1.82) is 0 Å². The Morgan fingerprint density at radius 1 is 1.18 bits per heavy atom. The van der Waals surface area contributed by atoms with Crippen LogP contribution in [0.25, 0.3) is 10.9 Å². The van der Waals surface area contributed by atoms with E-state index in [9.17, 15) is 19.1 Å². The highest BCUT2D eigenvalue weighted by atomic mass is 19.1. The fourth-order valence-corrected chi connectivity index (χ4v) is 6.19. The number of nitrogens with zero attached hydrogens (tertiary/aromatic N) is 3. The average molecular weight is 544 g/mol. The van der Waals surface area contributed by atoms with Crippen molar-refractivity contribution in [1.82, 2.24) is 19.8 Å². The summed E-state index contributed by atoms with van der Waals surface area (Å²) in [5, 5.41) is 14.4. The molecule has 2 aromatic carbocycles. The lowest BCUT2D eigenvalue weighted by molar-refractivity contribution is 0.0370. The Bertz CT molecular complexity index is 1570. The van der Waals surface area contributed by atoms with Gasteiger partial charge in [0.15, 0.2) is 0 Å². The Balaban J connectivity index is 1.36. The summed E-state index contributed by atoms with van der Waals surface area (Å²) in [5.41, 5.74) is 3.13. The van der Waals surface area contributed by atoms with E-state index in [4.69, 9.17) is 4.74 Å². The number of nitrogens with one attached hydrogen (secondary N) is 2. The van der Waals surface area contributed by atoms with Crippen LogP contribution in [0.3, 0.4) is 0 Å². The standard InChI is InChI=1S/C30H30FN5O4/c1-40-22-7-8-23-24(15-22)34-27-25(17-37)36(28(38)19-4-3-11-32-16-19)18-30(26(23)27)9-12-35(13-10-30)29(39)33-21-6-2-5-20(31)14-21/h2-8,11,14-16,25,34,37H,9-10,12-13,17-18H2,1H3,(H,33,39)/t25-/m0/s1. The van der Waals surface area contributed by atoms with Crippen LogP contribution in [-0.4, -0.2) is 70.2 Å². The first-order valence-corrected chi connectivity index (χ1v) is 13.3. The Hall–Kier alpha value is -4.44. The number of amides is 3. The first-order chi connectivity index (χ1) is 19.4. The zero-order chi connectivity index (χ0) is 27.9. The third kappa shape index (κ3) is 4.44. The summed E-state index contributed by atoms with van der Waals surface area (Å²) in [7, 11) is 1.61. The number of methoxy groups -OCH3 is 1. The van der Waals surface area contributed by atoms with Crippen molar-refractivity contribution in [2.24, 2.45) is 0 Å². The molecule has 9 nitrogen and oxygen atoms in total. The minimum atomic E-state index is -0.568. The number of aromatic nitrogens is 2. The van der Waals surface area contributed by atoms with Crippen LogP contribution < -0.4 is 10.1 Å². The third-order valence-corrected chi connectivity index (χ3v) is 8.17. The molecule has 0 bridgehead atoms. The number of carbonyl (C=O) groups is 2. The van der Waals surface area contributed by atoms with E-state index in [1.807, 2.05) is 18.2 Å². The van der Waals surface area contributed by atoms with Crippen LogP contribution in [-0.2, 0) is 5.41 Å². The van der Waals surface area contributed by atoms with Crippen LogP contribution >= 0.6 is 0 Å². The van der Waals surface area contributed by atoms with Gasteiger partial charge in [-0.05, 0) is 60.9 Å². The quantitative estimate of drug-likeness (QED) is 0.352. The number of fused-ring (bicyclic) bond motifs is 4. The number of ether oxygens (including phenoxy) is 1. The lowest BCUT2D eigenvalue weighted by Gasteiger charge is -2.50. The molecule has 2 aromatic heterocycles. The first kappa shape index (κ1) is 25.8. The molecule has 0 saturated carbocycles. The molecule has 0 radical (unpaired) electrons. The van der Waals surface area contributed by atoms with Crippen LogP contribution in [0.5, 0.6) is 5.75 Å². The van der Waals surface area contributed by atoms with Gasteiger partial charge in [0.05, 0.1) is 25.3 Å². The highest BCUT2D eigenvalue weighted by Crippen LogP contribution is 2.49. The minimum Gasteiger partial charge on any atom is -0.497 e. The molecule has 2 aliphatic heterocycles. The average Bonchev–Trinajstić information content (AvgIpc) is 3.37. The molecule has 10 heteroatoms. The largest absolute Gasteiger partial charge is 0.497 e. The van der Waals surface area contributed by atoms with Gasteiger partial charge >= 0.3 is 6.03 Å². The van der Waals surface area contributed by atoms with Gasteiger partial charge < -0.3 is 29.9 Å². The van der Waals surface area contributed by atoms with Gasteiger partial charge in [-0.15, -0.1) is 0 Å². The number of hydrogen-bond donors (Lipinski definition) is 3. The topological polar surface area (TPSA) is 111 Å². The molecule has 4 heterocycles. The smallest absolute Gasteiger partial charge is 0.321 e. The van der Waals surface area contributed by atoms with Gasteiger partial charge in [0, 0.05) is 65.8 Å². The zero-order valence-corrected chi connectivity index (χ0v) is 22.1. The molecular formula is C30H30FN5O4. The molecule has 3 amide bonds.